The van der Waals surface area contributed by atoms with E-state index in [9.17, 15) is 0 Å². The van der Waals surface area contributed by atoms with Gasteiger partial charge in [0, 0.05) is 30.1 Å². The maximum absolute atomic E-state index is 4.89. The zero-order chi connectivity index (χ0) is 28.8. The molecule has 2 aromatic heterocycles. The van der Waals surface area contributed by atoms with Crippen LogP contribution >= 0.6 is 0 Å². The molecule has 6 aromatic carbocycles. The molecule has 3 nitrogen and oxygen atoms in total. The number of benzene rings is 6. The normalized spacial score (nSPS) is 11.5. The summed E-state index contributed by atoms with van der Waals surface area (Å²) in [6.07, 6.45) is 4.62. The maximum atomic E-state index is 4.89. The first-order valence-electron chi connectivity index (χ1n) is 14.8. The predicted molar refractivity (Wildman–Crippen MR) is 180 cm³/mol. The van der Waals surface area contributed by atoms with E-state index < -0.39 is 0 Å². The second kappa shape index (κ2) is 10.4. The minimum atomic E-state index is 0.870. The molecule has 0 saturated heterocycles. The van der Waals surface area contributed by atoms with Gasteiger partial charge in [-0.2, -0.15) is 0 Å². The van der Waals surface area contributed by atoms with Crippen LogP contribution in [0.2, 0.25) is 0 Å². The van der Waals surface area contributed by atoms with Crippen LogP contribution in [0.25, 0.3) is 71.6 Å². The van der Waals surface area contributed by atoms with Gasteiger partial charge in [-0.05, 0) is 85.8 Å². The Labute approximate surface area is 250 Å². The van der Waals surface area contributed by atoms with Crippen LogP contribution in [0.15, 0.2) is 146 Å². The molecule has 204 valence electrons. The Hall–Kier alpha value is -5.54. The molecule has 8 aromatic rings. The van der Waals surface area contributed by atoms with Crippen molar-refractivity contribution in [2.24, 2.45) is 0 Å². The van der Waals surface area contributed by atoms with Gasteiger partial charge in [-0.3, -0.25) is 9.55 Å². The lowest BCUT2D eigenvalue weighted by Crippen LogP contribution is -2.00. The topological polar surface area (TPSA) is 30.7 Å². The van der Waals surface area contributed by atoms with E-state index in [1.807, 2.05) is 18.5 Å². The molecule has 0 fully saturated rings. The van der Waals surface area contributed by atoms with E-state index >= 15 is 0 Å². The first-order valence-corrected chi connectivity index (χ1v) is 14.8. The molecule has 0 N–H and O–H groups in total. The van der Waals surface area contributed by atoms with Crippen molar-refractivity contribution in [2.75, 3.05) is 0 Å². The van der Waals surface area contributed by atoms with E-state index in [0.29, 0.717) is 0 Å². The summed E-state index contributed by atoms with van der Waals surface area (Å²) in [5, 5.41) is 4.99. The summed E-state index contributed by atoms with van der Waals surface area (Å²) < 4.78 is 2.29. The molecule has 0 amide bonds. The number of hydrogen-bond acceptors (Lipinski definition) is 2. The molecular formula is C40H29N3. The van der Waals surface area contributed by atoms with Gasteiger partial charge in [0.25, 0.3) is 0 Å². The number of fused-ring (bicyclic) bond motifs is 3. The summed E-state index contributed by atoms with van der Waals surface area (Å²) in [7, 11) is 0. The van der Waals surface area contributed by atoms with Gasteiger partial charge in [0.1, 0.15) is 5.82 Å². The summed E-state index contributed by atoms with van der Waals surface area (Å²) in [5.41, 5.74) is 10.5. The predicted octanol–water partition coefficient (Wildman–Crippen LogP) is 10.3. The average Bonchev–Trinajstić information content (AvgIpc) is 3.46. The summed E-state index contributed by atoms with van der Waals surface area (Å²) in [6, 6.07) is 47.9. The van der Waals surface area contributed by atoms with E-state index in [-0.39, 0.29) is 0 Å². The number of rotatable bonds is 5. The van der Waals surface area contributed by atoms with E-state index in [1.54, 1.807) is 0 Å². The van der Waals surface area contributed by atoms with Gasteiger partial charge in [-0.25, -0.2) is 4.98 Å². The van der Waals surface area contributed by atoms with Gasteiger partial charge in [0.15, 0.2) is 0 Å². The van der Waals surface area contributed by atoms with Crippen molar-refractivity contribution in [3.05, 3.63) is 152 Å². The van der Waals surface area contributed by atoms with Crippen LogP contribution in [0.1, 0.15) is 12.7 Å². The minimum absolute atomic E-state index is 0.870. The van der Waals surface area contributed by atoms with Gasteiger partial charge in [0.2, 0.25) is 0 Å². The van der Waals surface area contributed by atoms with Crippen molar-refractivity contribution in [3.63, 3.8) is 0 Å². The smallest absolute Gasteiger partial charge is 0.114 e. The van der Waals surface area contributed by atoms with E-state index in [0.717, 1.165) is 40.1 Å². The Kier molecular flexibility index (Phi) is 6.08. The van der Waals surface area contributed by atoms with Crippen LogP contribution in [-0.4, -0.2) is 14.5 Å². The highest BCUT2D eigenvalue weighted by Gasteiger charge is 2.17. The van der Waals surface area contributed by atoms with Gasteiger partial charge in [-0.1, -0.05) is 104 Å². The fraction of sp³-hybridized carbons (Fsp3) is 0.0500. The number of hydrogen-bond donors (Lipinski definition) is 0. The maximum Gasteiger partial charge on any atom is 0.114 e. The minimum Gasteiger partial charge on any atom is -0.296 e. The molecule has 0 bridgehead atoms. The van der Waals surface area contributed by atoms with Crippen molar-refractivity contribution in [1.29, 1.82) is 0 Å². The molecule has 0 unspecified atom stereocenters. The molecular weight excluding hydrogens is 522 g/mol. The van der Waals surface area contributed by atoms with Crippen molar-refractivity contribution < 1.29 is 0 Å². The Bertz CT molecular complexity index is 2200. The highest BCUT2D eigenvalue weighted by Crippen LogP contribution is 2.44. The van der Waals surface area contributed by atoms with Gasteiger partial charge in [0.05, 0.1) is 11.0 Å². The van der Waals surface area contributed by atoms with Crippen molar-refractivity contribution in [3.8, 4) is 39.1 Å². The number of nitrogens with zero attached hydrogens (tertiary/aromatic N) is 3. The number of imidazole rings is 1. The van der Waals surface area contributed by atoms with Crippen molar-refractivity contribution in [2.45, 2.75) is 13.3 Å². The van der Waals surface area contributed by atoms with E-state index in [1.165, 1.54) is 43.8 Å². The van der Waals surface area contributed by atoms with Crippen LogP contribution in [0, 0.1) is 0 Å². The molecule has 2 heterocycles. The van der Waals surface area contributed by atoms with Crippen LogP contribution in [-0.2, 0) is 6.42 Å². The number of pyridine rings is 1. The van der Waals surface area contributed by atoms with Crippen LogP contribution in [0.4, 0.5) is 0 Å². The average molecular weight is 552 g/mol. The lowest BCUT2D eigenvalue weighted by atomic mass is 9.85. The lowest BCUT2D eigenvalue weighted by molar-refractivity contribution is 0.908. The van der Waals surface area contributed by atoms with E-state index in [4.69, 9.17) is 4.98 Å². The Balaban J connectivity index is 1.33. The first-order chi connectivity index (χ1) is 21.3. The van der Waals surface area contributed by atoms with Gasteiger partial charge in [-0.15, -0.1) is 0 Å². The molecule has 0 aliphatic carbocycles. The Morgan fingerprint density at radius 2 is 1.14 bits per heavy atom. The van der Waals surface area contributed by atoms with Crippen molar-refractivity contribution in [1.82, 2.24) is 14.5 Å². The van der Waals surface area contributed by atoms with Crippen LogP contribution in [0.5, 0.6) is 0 Å². The van der Waals surface area contributed by atoms with Gasteiger partial charge >= 0.3 is 0 Å². The second-order valence-electron chi connectivity index (χ2n) is 10.9. The molecule has 8 rings (SSSR count). The largest absolute Gasteiger partial charge is 0.296 e. The summed E-state index contributed by atoms with van der Waals surface area (Å²) in [4.78, 5) is 9.24. The second-order valence-corrected chi connectivity index (χ2v) is 10.9. The highest BCUT2D eigenvalue weighted by atomic mass is 15.1. The summed E-state index contributed by atoms with van der Waals surface area (Å²) in [5.74, 6) is 1.07. The molecule has 0 aliphatic rings. The molecule has 3 heteroatoms. The summed E-state index contributed by atoms with van der Waals surface area (Å²) >= 11 is 0. The monoisotopic (exact) mass is 551 g/mol. The zero-order valence-electron chi connectivity index (χ0n) is 23.9. The molecule has 0 spiro atoms. The number of aryl methyl sites for hydroxylation is 1. The highest BCUT2D eigenvalue weighted by molar-refractivity contribution is 6.21. The van der Waals surface area contributed by atoms with Gasteiger partial charge < -0.3 is 0 Å². The quantitative estimate of drug-likeness (QED) is 0.199. The van der Waals surface area contributed by atoms with Crippen LogP contribution < -0.4 is 0 Å². The number of aromatic nitrogens is 3. The molecule has 0 saturated carbocycles. The zero-order valence-corrected chi connectivity index (χ0v) is 23.9. The first kappa shape index (κ1) is 25.2. The fourth-order valence-electron chi connectivity index (χ4n) is 6.52. The number of para-hydroxylation sites is 2. The fourth-order valence-corrected chi connectivity index (χ4v) is 6.52. The molecule has 0 atom stereocenters. The molecule has 0 radical (unpaired) electrons. The summed E-state index contributed by atoms with van der Waals surface area (Å²) in [6.45, 7) is 2.17. The molecule has 43 heavy (non-hydrogen) atoms. The van der Waals surface area contributed by atoms with E-state index in [2.05, 4.69) is 144 Å². The lowest BCUT2D eigenvalue weighted by Gasteiger charge is -2.18. The third-order valence-electron chi connectivity index (χ3n) is 8.44. The third-order valence-corrected chi connectivity index (χ3v) is 8.44. The van der Waals surface area contributed by atoms with Crippen molar-refractivity contribution >= 4 is 32.6 Å². The third kappa shape index (κ3) is 4.21. The Morgan fingerprint density at radius 3 is 1.79 bits per heavy atom. The van der Waals surface area contributed by atoms with Crippen LogP contribution in [0.3, 0.4) is 0 Å². The SMILES string of the molecule is CCc1nc2ccccc2n1-c1ccc(-c2c3ccccc3c(-c3cccc(-c4cccnc4)c3)c3ccccc23)cc1. The standard InChI is InChI=1S/C40H29N3/c1-2-38-42-36-18-7-8-19-37(36)43(38)31-22-20-27(21-23-31)39-32-14-3-5-16-34(32)40(35-17-6-4-15-33(35)39)29-12-9-11-28(25-29)30-13-10-24-41-26-30/h3-26H,2H2,1H3. The molecule has 0 aliphatic heterocycles. The Morgan fingerprint density at radius 1 is 0.535 bits per heavy atom.